The summed E-state index contributed by atoms with van der Waals surface area (Å²) in [5, 5.41) is 14.0. The minimum absolute atomic E-state index is 0.0458. The van der Waals surface area contributed by atoms with Crippen LogP contribution in [0.1, 0.15) is 57.6 Å². The Bertz CT molecular complexity index is 666. The summed E-state index contributed by atoms with van der Waals surface area (Å²) in [6.07, 6.45) is 0.304. The molecule has 0 aliphatic rings. The number of ether oxygens (including phenoxy) is 1. The summed E-state index contributed by atoms with van der Waals surface area (Å²) < 4.78 is 5.30. The molecule has 0 saturated heterocycles. The second kappa shape index (κ2) is 11.6. The van der Waals surface area contributed by atoms with Gasteiger partial charge in [0.25, 0.3) is 5.91 Å². The van der Waals surface area contributed by atoms with Gasteiger partial charge in [0.05, 0.1) is 17.0 Å². The number of hydrogen-bond donors (Lipinski definition) is 4. The molecule has 0 unspecified atom stereocenters. The number of alkyl carbamates (subject to hydrolysis) is 1. The van der Waals surface area contributed by atoms with E-state index < -0.39 is 17.2 Å². The van der Waals surface area contributed by atoms with Crippen molar-refractivity contribution in [3.63, 3.8) is 0 Å². The van der Waals surface area contributed by atoms with Crippen molar-refractivity contribution in [2.24, 2.45) is 4.99 Å². The van der Waals surface area contributed by atoms with E-state index in [1.165, 1.54) is 11.3 Å². The molecule has 0 fully saturated rings. The molecule has 2 amide bonds. The number of aliphatic imine (C=N–C) groups is 1. The number of carbonyl (C=O) groups is 2. The quantitative estimate of drug-likeness (QED) is 0.277. The molecule has 1 aromatic heterocycles. The van der Waals surface area contributed by atoms with Crippen molar-refractivity contribution < 1.29 is 14.3 Å². The Kier molecular flexibility index (Phi) is 9.94. The minimum atomic E-state index is -0.556. The largest absolute Gasteiger partial charge is 0.444 e. The van der Waals surface area contributed by atoms with E-state index in [0.717, 1.165) is 13.0 Å². The number of amides is 2. The van der Waals surface area contributed by atoms with Crippen molar-refractivity contribution in [3.05, 3.63) is 22.4 Å². The third-order valence-corrected chi connectivity index (χ3v) is 4.36. The maximum absolute atomic E-state index is 12.0. The second-order valence-electron chi connectivity index (χ2n) is 8.22. The van der Waals surface area contributed by atoms with Gasteiger partial charge in [-0.1, -0.05) is 6.07 Å². The van der Waals surface area contributed by atoms with Crippen LogP contribution in [0.25, 0.3) is 0 Å². The van der Waals surface area contributed by atoms with Crippen LogP contribution in [0.15, 0.2) is 22.5 Å². The zero-order chi connectivity index (χ0) is 21.9. The molecule has 0 radical (unpaired) electrons. The highest BCUT2D eigenvalue weighted by atomic mass is 32.1. The van der Waals surface area contributed by atoms with Gasteiger partial charge in [-0.3, -0.25) is 9.79 Å². The Balaban J connectivity index is 2.40. The molecule has 9 heteroatoms. The molecule has 0 saturated carbocycles. The standard InChI is InChI=1S/C20H35N5O3S/c1-7-21-17(23-12-9-11-22-16(26)15-10-8-13-29-15)24-14-20(5,6)25-18(27)28-19(2,3)4/h8,10,13H,7,9,11-12,14H2,1-6H3,(H,22,26)(H,25,27)(H2,21,23,24). The molecule has 0 atom stereocenters. The summed E-state index contributed by atoms with van der Waals surface area (Å²) in [5.41, 5.74) is -1.10. The maximum atomic E-state index is 12.0. The number of carbonyl (C=O) groups excluding carboxylic acids is 2. The normalized spacial score (nSPS) is 12.3. The van der Waals surface area contributed by atoms with Crippen molar-refractivity contribution in [1.82, 2.24) is 21.3 Å². The maximum Gasteiger partial charge on any atom is 0.408 e. The molecule has 0 aromatic carbocycles. The van der Waals surface area contributed by atoms with Gasteiger partial charge in [-0.25, -0.2) is 4.79 Å². The predicted molar refractivity (Wildman–Crippen MR) is 119 cm³/mol. The van der Waals surface area contributed by atoms with Crippen LogP contribution >= 0.6 is 11.3 Å². The number of nitrogens with zero attached hydrogens (tertiary/aromatic N) is 1. The third kappa shape index (κ3) is 11.3. The van der Waals surface area contributed by atoms with Crippen LogP contribution in [0.2, 0.25) is 0 Å². The Hall–Kier alpha value is -2.29. The zero-order valence-electron chi connectivity index (χ0n) is 18.3. The molecule has 1 rings (SSSR count). The summed E-state index contributed by atoms with van der Waals surface area (Å²) in [4.78, 5) is 29.1. The molecular formula is C20H35N5O3S. The Morgan fingerprint density at radius 2 is 1.79 bits per heavy atom. The van der Waals surface area contributed by atoms with Gasteiger partial charge in [0.15, 0.2) is 5.96 Å². The number of hydrogen-bond acceptors (Lipinski definition) is 5. The minimum Gasteiger partial charge on any atom is -0.444 e. The lowest BCUT2D eigenvalue weighted by Crippen LogP contribution is -2.49. The van der Waals surface area contributed by atoms with E-state index >= 15 is 0 Å². The van der Waals surface area contributed by atoms with E-state index in [0.29, 0.717) is 30.5 Å². The highest BCUT2D eigenvalue weighted by Gasteiger charge is 2.24. The molecule has 164 valence electrons. The van der Waals surface area contributed by atoms with Crippen molar-refractivity contribution in [2.75, 3.05) is 26.2 Å². The van der Waals surface area contributed by atoms with Crippen LogP contribution in [-0.2, 0) is 4.74 Å². The summed E-state index contributed by atoms with van der Waals surface area (Å²) in [6, 6.07) is 3.67. The van der Waals surface area contributed by atoms with Gasteiger partial charge in [-0.15, -0.1) is 11.3 Å². The Morgan fingerprint density at radius 3 is 2.38 bits per heavy atom. The first-order valence-corrected chi connectivity index (χ1v) is 10.8. The number of rotatable bonds is 9. The van der Waals surface area contributed by atoms with Crippen LogP contribution in [0.5, 0.6) is 0 Å². The van der Waals surface area contributed by atoms with Crippen molar-refractivity contribution in [3.8, 4) is 0 Å². The molecular weight excluding hydrogens is 390 g/mol. The first-order chi connectivity index (χ1) is 13.5. The second-order valence-corrected chi connectivity index (χ2v) is 9.17. The van der Waals surface area contributed by atoms with Crippen LogP contribution in [0.3, 0.4) is 0 Å². The number of guanidine groups is 1. The van der Waals surface area contributed by atoms with Crippen molar-refractivity contribution in [1.29, 1.82) is 0 Å². The summed E-state index contributed by atoms with van der Waals surface area (Å²) in [6.45, 7) is 13.6. The molecule has 0 bridgehead atoms. The molecule has 4 N–H and O–H groups in total. The fourth-order valence-corrected chi connectivity index (χ4v) is 2.87. The van der Waals surface area contributed by atoms with Gasteiger partial charge in [0, 0.05) is 19.6 Å². The van der Waals surface area contributed by atoms with Gasteiger partial charge in [0.2, 0.25) is 0 Å². The molecule has 1 heterocycles. The van der Waals surface area contributed by atoms with Gasteiger partial charge in [-0.2, -0.15) is 0 Å². The summed E-state index contributed by atoms with van der Waals surface area (Å²) in [5.74, 6) is 0.617. The number of nitrogens with one attached hydrogen (secondary N) is 4. The predicted octanol–water partition coefficient (Wildman–Crippen LogP) is 2.73. The average Bonchev–Trinajstić information content (AvgIpc) is 3.11. The van der Waals surface area contributed by atoms with E-state index in [1.807, 2.05) is 53.0 Å². The third-order valence-electron chi connectivity index (χ3n) is 3.49. The molecule has 8 nitrogen and oxygen atoms in total. The SMILES string of the molecule is CCNC(=NCC(C)(C)NC(=O)OC(C)(C)C)NCCCNC(=O)c1cccs1. The highest BCUT2D eigenvalue weighted by molar-refractivity contribution is 7.12. The molecule has 29 heavy (non-hydrogen) atoms. The Labute approximate surface area is 177 Å². The first kappa shape index (κ1) is 24.7. The van der Waals surface area contributed by atoms with E-state index in [1.54, 1.807) is 6.07 Å². The average molecular weight is 426 g/mol. The monoisotopic (exact) mass is 425 g/mol. The van der Waals surface area contributed by atoms with Crippen molar-refractivity contribution in [2.45, 2.75) is 59.1 Å². The van der Waals surface area contributed by atoms with Gasteiger partial charge in [-0.05, 0) is 59.4 Å². The van der Waals surface area contributed by atoms with E-state index in [2.05, 4.69) is 26.3 Å². The zero-order valence-corrected chi connectivity index (χ0v) is 19.2. The van der Waals surface area contributed by atoms with Crippen LogP contribution < -0.4 is 21.3 Å². The van der Waals surface area contributed by atoms with E-state index in [-0.39, 0.29) is 5.91 Å². The van der Waals surface area contributed by atoms with Crippen LogP contribution in [0, 0.1) is 0 Å². The van der Waals surface area contributed by atoms with Gasteiger partial charge < -0.3 is 26.0 Å². The molecule has 0 aliphatic carbocycles. The topological polar surface area (TPSA) is 104 Å². The molecule has 0 aliphatic heterocycles. The summed E-state index contributed by atoms with van der Waals surface area (Å²) >= 11 is 1.43. The smallest absolute Gasteiger partial charge is 0.408 e. The highest BCUT2D eigenvalue weighted by Crippen LogP contribution is 2.10. The fraction of sp³-hybridized carbons (Fsp3) is 0.650. The molecule has 0 spiro atoms. The van der Waals surface area contributed by atoms with Crippen LogP contribution in [-0.4, -0.2) is 55.3 Å². The lowest BCUT2D eigenvalue weighted by atomic mass is 10.1. The lowest BCUT2D eigenvalue weighted by Gasteiger charge is -2.27. The fourth-order valence-electron chi connectivity index (χ4n) is 2.23. The van der Waals surface area contributed by atoms with Crippen molar-refractivity contribution >= 4 is 29.3 Å². The molecule has 1 aromatic rings. The summed E-state index contributed by atoms with van der Waals surface area (Å²) in [7, 11) is 0. The van der Waals surface area contributed by atoms with E-state index in [9.17, 15) is 9.59 Å². The first-order valence-electron chi connectivity index (χ1n) is 9.87. The van der Waals surface area contributed by atoms with Gasteiger partial charge in [0.1, 0.15) is 5.60 Å². The van der Waals surface area contributed by atoms with Gasteiger partial charge >= 0.3 is 6.09 Å². The lowest BCUT2D eigenvalue weighted by molar-refractivity contribution is 0.0476. The van der Waals surface area contributed by atoms with Crippen LogP contribution in [0.4, 0.5) is 4.79 Å². The Morgan fingerprint density at radius 1 is 1.10 bits per heavy atom. The number of thiophene rings is 1. The van der Waals surface area contributed by atoms with E-state index in [4.69, 9.17) is 4.74 Å².